The minimum absolute atomic E-state index is 0.168. The predicted octanol–water partition coefficient (Wildman–Crippen LogP) is 7.16. The number of aliphatic hydroxyl groups is 2. The maximum Gasteiger partial charge on any atom is 0.127 e. The molecule has 0 aromatic rings. The van der Waals surface area contributed by atoms with Crippen LogP contribution >= 0.6 is 0 Å². The van der Waals surface area contributed by atoms with Gasteiger partial charge < -0.3 is 10.2 Å². The quantitative estimate of drug-likeness (QED) is 0.411. The summed E-state index contributed by atoms with van der Waals surface area (Å²) >= 11 is 0. The molecule has 5 atom stereocenters. The Labute approximate surface area is 194 Å². The van der Waals surface area contributed by atoms with Gasteiger partial charge in [-0.25, -0.2) is 4.39 Å². The van der Waals surface area contributed by atoms with Gasteiger partial charge in [-0.1, -0.05) is 75.8 Å². The number of halogens is 1. The Kier molecular flexibility index (Phi) is 8.04. The summed E-state index contributed by atoms with van der Waals surface area (Å²) in [6.45, 7) is 12.7. The molecule has 0 heterocycles. The summed E-state index contributed by atoms with van der Waals surface area (Å²) in [6, 6.07) is 0. The number of aliphatic hydroxyl groups excluding tert-OH is 1. The van der Waals surface area contributed by atoms with Gasteiger partial charge in [0, 0.05) is 6.42 Å². The zero-order valence-electron chi connectivity index (χ0n) is 20.5. The number of allylic oxidation sites excluding steroid dienone is 7. The minimum Gasteiger partial charge on any atom is -0.393 e. The van der Waals surface area contributed by atoms with Crippen molar-refractivity contribution in [3.05, 3.63) is 59.3 Å². The SMILES string of the molecule is C=C1C(=CC=C2CCC[C@]3(C)C([C@@H](C)CC=CC(O)(CC)CC)=CC[C@@H]23)C[C@@H](O)C[C@@H]1F. The fourth-order valence-corrected chi connectivity index (χ4v) is 6.15. The molecule has 2 N–H and O–H groups in total. The summed E-state index contributed by atoms with van der Waals surface area (Å²) in [5.74, 6) is 0.957. The van der Waals surface area contributed by atoms with E-state index in [2.05, 4.69) is 38.7 Å². The van der Waals surface area contributed by atoms with E-state index in [-0.39, 0.29) is 11.8 Å². The molecule has 0 aromatic carbocycles. The largest absolute Gasteiger partial charge is 0.393 e. The molecule has 178 valence electrons. The number of hydrogen-bond acceptors (Lipinski definition) is 2. The van der Waals surface area contributed by atoms with Gasteiger partial charge in [0.25, 0.3) is 0 Å². The molecule has 0 aliphatic heterocycles. The molecule has 3 heteroatoms. The van der Waals surface area contributed by atoms with E-state index in [1.165, 1.54) is 18.4 Å². The summed E-state index contributed by atoms with van der Waals surface area (Å²) in [4.78, 5) is 0. The zero-order valence-corrected chi connectivity index (χ0v) is 20.5. The van der Waals surface area contributed by atoms with Crippen LogP contribution < -0.4 is 0 Å². The van der Waals surface area contributed by atoms with Gasteiger partial charge in [0.2, 0.25) is 0 Å². The van der Waals surface area contributed by atoms with Gasteiger partial charge >= 0.3 is 0 Å². The summed E-state index contributed by atoms with van der Waals surface area (Å²) in [5, 5.41) is 20.5. The van der Waals surface area contributed by atoms with Crippen LogP contribution in [0.5, 0.6) is 0 Å². The van der Waals surface area contributed by atoms with E-state index in [4.69, 9.17) is 0 Å². The average Bonchev–Trinajstić information content (AvgIpc) is 3.12. The van der Waals surface area contributed by atoms with Crippen LogP contribution in [0.25, 0.3) is 0 Å². The molecule has 0 bridgehead atoms. The van der Waals surface area contributed by atoms with Crippen molar-refractivity contribution in [1.29, 1.82) is 0 Å². The second-order valence-electron chi connectivity index (χ2n) is 10.6. The molecule has 0 spiro atoms. The lowest BCUT2D eigenvalue weighted by atomic mass is 9.62. The van der Waals surface area contributed by atoms with Crippen LogP contribution in [0.15, 0.2) is 59.3 Å². The Morgan fingerprint density at radius 1 is 1.31 bits per heavy atom. The highest BCUT2D eigenvalue weighted by molar-refractivity contribution is 5.40. The van der Waals surface area contributed by atoms with Crippen LogP contribution in [0.1, 0.15) is 85.5 Å². The maximum atomic E-state index is 14.1. The van der Waals surface area contributed by atoms with Gasteiger partial charge in [0.1, 0.15) is 6.17 Å². The van der Waals surface area contributed by atoms with Gasteiger partial charge in [-0.2, -0.15) is 0 Å². The first kappa shape index (κ1) is 25.2. The van der Waals surface area contributed by atoms with E-state index in [9.17, 15) is 14.6 Å². The van der Waals surface area contributed by atoms with E-state index >= 15 is 0 Å². The molecule has 0 radical (unpaired) electrons. The highest BCUT2D eigenvalue weighted by atomic mass is 19.1. The topological polar surface area (TPSA) is 40.5 Å². The molecule has 0 aromatic heterocycles. The van der Waals surface area contributed by atoms with E-state index < -0.39 is 17.9 Å². The molecule has 3 aliphatic rings. The summed E-state index contributed by atoms with van der Waals surface area (Å²) < 4.78 is 14.1. The molecule has 32 heavy (non-hydrogen) atoms. The van der Waals surface area contributed by atoms with Crippen LogP contribution in [0, 0.1) is 17.3 Å². The van der Waals surface area contributed by atoms with Crippen molar-refractivity contribution in [2.45, 2.75) is 103 Å². The van der Waals surface area contributed by atoms with Crippen molar-refractivity contribution in [3.8, 4) is 0 Å². The van der Waals surface area contributed by atoms with Crippen molar-refractivity contribution in [3.63, 3.8) is 0 Å². The molecule has 2 saturated carbocycles. The first-order valence-electron chi connectivity index (χ1n) is 12.6. The smallest absolute Gasteiger partial charge is 0.127 e. The lowest BCUT2D eigenvalue weighted by Crippen LogP contribution is -2.32. The third-order valence-electron chi connectivity index (χ3n) is 8.51. The Bertz CT molecular complexity index is 813. The fourth-order valence-electron chi connectivity index (χ4n) is 6.15. The molecule has 2 nitrogen and oxygen atoms in total. The molecule has 0 saturated heterocycles. The van der Waals surface area contributed by atoms with Crippen LogP contribution in [-0.4, -0.2) is 28.1 Å². The Balaban J connectivity index is 1.73. The van der Waals surface area contributed by atoms with Crippen molar-refractivity contribution in [2.75, 3.05) is 0 Å². The highest BCUT2D eigenvalue weighted by Crippen LogP contribution is 2.57. The molecule has 2 fully saturated rings. The van der Waals surface area contributed by atoms with E-state index in [0.717, 1.165) is 37.7 Å². The van der Waals surface area contributed by atoms with Crippen LogP contribution in [-0.2, 0) is 0 Å². The predicted molar refractivity (Wildman–Crippen MR) is 132 cm³/mol. The first-order valence-corrected chi connectivity index (χ1v) is 12.6. The third-order valence-corrected chi connectivity index (χ3v) is 8.51. The van der Waals surface area contributed by atoms with Gasteiger partial charge in [0.05, 0.1) is 11.7 Å². The number of hydrogen-bond donors (Lipinski definition) is 2. The van der Waals surface area contributed by atoms with Crippen molar-refractivity contribution in [2.24, 2.45) is 17.3 Å². The normalized spacial score (nSPS) is 34.9. The summed E-state index contributed by atoms with van der Waals surface area (Å²) in [6.07, 6.45) is 16.8. The van der Waals surface area contributed by atoms with Crippen molar-refractivity contribution < 1.29 is 14.6 Å². The molecule has 0 unspecified atom stereocenters. The minimum atomic E-state index is -1.13. The van der Waals surface area contributed by atoms with E-state index in [0.29, 0.717) is 23.8 Å². The average molecular weight is 443 g/mol. The highest BCUT2D eigenvalue weighted by Gasteiger charge is 2.45. The Morgan fingerprint density at radius 2 is 2.03 bits per heavy atom. The van der Waals surface area contributed by atoms with Crippen LogP contribution in [0.3, 0.4) is 0 Å². The van der Waals surface area contributed by atoms with Crippen molar-refractivity contribution in [1.82, 2.24) is 0 Å². The van der Waals surface area contributed by atoms with Gasteiger partial charge in [-0.3, -0.25) is 0 Å². The Hall–Kier alpha value is -1.45. The molecule has 0 amide bonds. The molecule has 3 rings (SSSR count). The monoisotopic (exact) mass is 442 g/mol. The first-order chi connectivity index (χ1) is 15.1. The second-order valence-corrected chi connectivity index (χ2v) is 10.6. The van der Waals surface area contributed by atoms with Gasteiger partial charge in [0.15, 0.2) is 0 Å². The second kappa shape index (κ2) is 10.2. The lowest BCUT2D eigenvalue weighted by Gasteiger charge is -2.42. The van der Waals surface area contributed by atoms with Crippen LogP contribution in [0.4, 0.5) is 4.39 Å². The molecule has 3 aliphatic carbocycles. The van der Waals surface area contributed by atoms with E-state index in [1.807, 2.05) is 26.0 Å². The zero-order chi connectivity index (χ0) is 23.5. The van der Waals surface area contributed by atoms with Crippen molar-refractivity contribution >= 4 is 0 Å². The number of fused-ring (bicyclic) bond motifs is 1. The van der Waals surface area contributed by atoms with Gasteiger partial charge in [-0.05, 0) is 79.8 Å². The summed E-state index contributed by atoms with van der Waals surface area (Å²) in [5.41, 5.74) is 3.90. The number of alkyl halides is 1. The summed E-state index contributed by atoms with van der Waals surface area (Å²) in [7, 11) is 0. The van der Waals surface area contributed by atoms with E-state index in [1.54, 1.807) is 5.57 Å². The maximum absolute atomic E-state index is 14.1. The Morgan fingerprint density at radius 3 is 2.72 bits per heavy atom. The van der Waals surface area contributed by atoms with Crippen LogP contribution in [0.2, 0.25) is 0 Å². The third kappa shape index (κ3) is 5.20. The fraction of sp³-hybridized carbons (Fsp3) is 0.655. The molecular weight excluding hydrogens is 399 g/mol. The standard InChI is InChI=1S/C29H43FO2/c1-6-29(32,7-2)17-8-10-20(3)25-14-15-26-22(11-9-16-28(25,26)5)12-13-23-18-24(31)19-27(30)21(23)4/h8,12-14,17,20,24,26-27,31-32H,4,6-7,9-11,15-16,18-19H2,1-3,5H3/t20-,24+,26-,27-,28+/m0/s1. The lowest BCUT2D eigenvalue weighted by molar-refractivity contribution is 0.0824. The van der Waals surface area contributed by atoms with Gasteiger partial charge in [-0.15, -0.1) is 0 Å². The number of rotatable bonds is 7. The molecular formula is C29H43FO2.